The molecule has 2 heteroatoms. The fourth-order valence-corrected chi connectivity index (χ4v) is 1.83. The summed E-state index contributed by atoms with van der Waals surface area (Å²) in [7, 11) is 0. The minimum atomic E-state index is 0.144. The second-order valence-corrected chi connectivity index (χ2v) is 5.39. The first-order valence-corrected chi connectivity index (χ1v) is 6.10. The van der Waals surface area contributed by atoms with E-state index in [-0.39, 0.29) is 5.54 Å². The Morgan fingerprint density at radius 2 is 1.88 bits per heavy atom. The van der Waals surface area contributed by atoms with Crippen LogP contribution < -0.4 is 5.32 Å². The van der Waals surface area contributed by atoms with Crippen LogP contribution in [0, 0.1) is 0 Å². The molecule has 1 aromatic rings. The Kier molecular flexibility index (Phi) is 3.43. The Labute approximate surface area is 103 Å². The molecular weight excluding hydrogens is 208 g/mol. The molecule has 90 valence electrons. The van der Waals surface area contributed by atoms with E-state index in [2.05, 4.69) is 61.4 Å². The molecule has 0 bridgehead atoms. The molecule has 1 aliphatic rings. The van der Waals surface area contributed by atoms with Gasteiger partial charge in [-0.05, 0) is 31.9 Å². The molecule has 0 radical (unpaired) electrons. The molecule has 0 saturated heterocycles. The van der Waals surface area contributed by atoms with Crippen LogP contribution in [0.5, 0.6) is 0 Å². The van der Waals surface area contributed by atoms with Gasteiger partial charge in [0.05, 0.1) is 12.3 Å². The monoisotopic (exact) mass is 228 g/mol. The first-order valence-electron chi connectivity index (χ1n) is 6.10. The number of hydrogen-bond donors (Lipinski definition) is 1. The Bertz CT molecular complexity index is 436. The van der Waals surface area contributed by atoms with Crippen molar-refractivity contribution in [2.75, 3.05) is 13.1 Å². The molecule has 0 amide bonds. The smallest absolute Gasteiger partial charge is 0.0692 e. The summed E-state index contributed by atoms with van der Waals surface area (Å²) in [5, 5.41) is 3.51. The minimum absolute atomic E-state index is 0.144. The maximum Gasteiger partial charge on any atom is 0.0692 e. The average Bonchev–Trinajstić information content (AvgIpc) is 2.75. The lowest BCUT2D eigenvalue weighted by Gasteiger charge is -2.21. The largest absolute Gasteiger partial charge is 0.308 e. The standard InChI is InChI=1S/C15H20N2/c1-15(2,3)17-11-13-9-10-16-14(13)12-7-5-4-6-8-12/h4-9,17H,10-11H2,1-3H3. The molecule has 0 fully saturated rings. The van der Waals surface area contributed by atoms with E-state index in [9.17, 15) is 0 Å². The van der Waals surface area contributed by atoms with Crippen molar-refractivity contribution < 1.29 is 0 Å². The van der Waals surface area contributed by atoms with Crippen molar-refractivity contribution in [3.63, 3.8) is 0 Å². The van der Waals surface area contributed by atoms with Crippen LogP contribution in [0.2, 0.25) is 0 Å². The van der Waals surface area contributed by atoms with E-state index in [1.165, 1.54) is 11.1 Å². The van der Waals surface area contributed by atoms with Gasteiger partial charge in [0.2, 0.25) is 0 Å². The van der Waals surface area contributed by atoms with E-state index >= 15 is 0 Å². The predicted molar refractivity (Wildman–Crippen MR) is 73.7 cm³/mol. The third kappa shape index (κ3) is 3.27. The summed E-state index contributed by atoms with van der Waals surface area (Å²) < 4.78 is 0. The lowest BCUT2D eigenvalue weighted by Crippen LogP contribution is -2.37. The minimum Gasteiger partial charge on any atom is -0.308 e. The molecule has 0 unspecified atom stereocenters. The van der Waals surface area contributed by atoms with E-state index in [1.807, 2.05) is 6.07 Å². The molecule has 2 nitrogen and oxygen atoms in total. The van der Waals surface area contributed by atoms with Crippen LogP contribution in [0.15, 0.2) is 47.0 Å². The van der Waals surface area contributed by atoms with Crippen LogP contribution in [0.1, 0.15) is 26.3 Å². The second kappa shape index (κ2) is 4.84. The lowest BCUT2D eigenvalue weighted by molar-refractivity contribution is 0.447. The van der Waals surface area contributed by atoms with Crippen molar-refractivity contribution in [2.45, 2.75) is 26.3 Å². The van der Waals surface area contributed by atoms with Crippen molar-refractivity contribution >= 4 is 5.71 Å². The van der Waals surface area contributed by atoms with E-state index in [4.69, 9.17) is 0 Å². The second-order valence-electron chi connectivity index (χ2n) is 5.39. The van der Waals surface area contributed by atoms with Gasteiger partial charge in [-0.1, -0.05) is 36.4 Å². The van der Waals surface area contributed by atoms with Crippen LogP contribution in [0.4, 0.5) is 0 Å². The van der Waals surface area contributed by atoms with Crippen molar-refractivity contribution in [2.24, 2.45) is 4.99 Å². The van der Waals surface area contributed by atoms with Gasteiger partial charge in [-0.25, -0.2) is 0 Å². The highest BCUT2D eigenvalue weighted by atomic mass is 14.9. The van der Waals surface area contributed by atoms with Gasteiger partial charge in [0, 0.05) is 12.1 Å². The fourth-order valence-electron chi connectivity index (χ4n) is 1.83. The first-order chi connectivity index (χ1) is 8.06. The zero-order valence-corrected chi connectivity index (χ0v) is 10.8. The van der Waals surface area contributed by atoms with E-state index < -0.39 is 0 Å². The summed E-state index contributed by atoms with van der Waals surface area (Å²) in [6.45, 7) is 8.24. The maximum atomic E-state index is 4.57. The number of nitrogens with zero attached hydrogens (tertiary/aromatic N) is 1. The van der Waals surface area contributed by atoms with Gasteiger partial charge in [0.25, 0.3) is 0 Å². The Balaban J connectivity index is 2.08. The summed E-state index contributed by atoms with van der Waals surface area (Å²) in [4.78, 5) is 4.57. The molecular formula is C15H20N2. The van der Waals surface area contributed by atoms with Gasteiger partial charge < -0.3 is 5.32 Å². The molecule has 17 heavy (non-hydrogen) atoms. The molecule has 0 aliphatic carbocycles. The van der Waals surface area contributed by atoms with Crippen LogP contribution in [-0.4, -0.2) is 24.3 Å². The van der Waals surface area contributed by atoms with Gasteiger partial charge in [0.15, 0.2) is 0 Å². The summed E-state index contributed by atoms with van der Waals surface area (Å²) in [6.07, 6.45) is 2.21. The Hall–Kier alpha value is -1.41. The van der Waals surface area contributed by atoms with Crippen LogP contribution in [-0.2, 0) is 0 Å². The molecule has 0 saturated carbocycles. The molecule has 2 rings (SSSR count). The van der Waals surface area contributed by atoms with Gasteiger partial charge in [-0.2, -0.15) is 0 Å². The third-order valence-corrected chi connectivity index (χ3v) is 2.75. The number of hydrogen-bond acceptors (Lipinski definition) is 2. The molecule has 0 aromatic heterocycles. The number of aliphatic imine (C=N–C) groups is 1. The van der Waals surface area contributed by atoms with Crippen molar-refractivity contribution in [1.29, 1.82) is 0 Å². The van der Waals surface area contributed by atoms with E-state index in [0.29, 0.717) is 0 Å². The molecule has 1 heterocycles. The number of nitrogens with one attached hydrogen (secondary N) is 1. The number of rotatable bonds is 3. The lowest BCUT2D eigenvalue weighted by atomic mass is 10.0. The SMILES string of the molecule is CC(C)(C)NCC1=CCN=C1c1ccccc1. The first kappa shape index (κ1) is 12.1. The van der Waals surface area contributed by atoms with E-state index in [1.54, 1.807) is 0 Å². The molecule has 0 atom stereocenters. The number of benzene rings is 1. The van der Waals surface area contributed by atoms with E-state index in [0.717, 1.165) is 18.8 Å². The van der Waals surface area contributed by atoms with Crippen LogP contribution in [0.3, 0.4) is 0 Å². The average molecular weight is 228 g/mol. The molecule has 0 spiro atoms. The molecule has 1 N–H and O–H groups in total. The Morgan fingerprint density at radius 1 is 1.18 bits per heavy atom. The topological polar surface area (TPSA) is 24.4 Å². The zero-order valence-electron chi connectivity index (χ0n) is 10.8. The predicted octanol–water partition coefficient (Wildman–Crippen LogP) is 2.80. The van der Waals surface area contributed by atoms with Crippen molar-refractivity contribution in [3.05, 3.63) is 47.5 Å². The van der Waals surface area contributed by atoms with Crippen LogP contribution in [0.25, 0.3) is 0 Å². The normalized spacial score (nSPS) is 15.7. The fraction of sp³-hybridized carbons (Fsp3) is 0.400. The quantitative estimate of drug-likeness (QED) is 0.845. The van der Waals surface area contributed by atoms with Gasteiger partial charge in [-0.3, -0.25) is 4.99 Å². The van der Waals surface area contributed by atoms with Gasteiger partial charge in [-0.15, -0.1) is 0 Å². The van der Waals surface area contributed by atoms with Crippen LogP contribution >= 0.6 is 0 Å². The highest BCUT2D eigenvalue weighted by Gasteiger charge is 2.16. The highest BCUT2D eigenvalue weighted by Crippen LogP contribution is 2.15. The molecule has 1 aliphatic heterocycles. The summed E-state index contributed by atoms with van der Waals surface area (Å²) in [5.74, 6) is 0. The molecule has 1 aromatic carbocycles. The summed E-state index contributed by atoms with van der Waals surface area (Å²) in [5.41, 5.74) is 3.81. The van der Waals surface area contributed by atoms with Gasteiger partial charge in [0.1, 0.15) is 0 Å². The summed E-state index contributed by atoms with van der Waals surface area (Å²) >= 11 is 0. The van der Waals surface area contributed by atoms with Crippen molar-refractivity contribution in [1.82, 2.24) is 5.32 Å². The third-order valence-electron chi connectivity index (χ3n) is 2.75. The maximum absolute atomic E-state index is 4.57. The van der Waals surface area contributed by atoms with Crippen molar-refractivity contribution in [3.8, 4) is 0 Å². The highest BCUT2D eigenvalue weighted by molar-refractivity contribution is 6.14. The summed E-state index contributed by atoms with van der Waals surface area (Å²) in [6, 6.07) is 10.4. The zero-order chi connectivity index (χ0) is 12.3. The van der Waals surface area contributed by atoms with Gasteiger partial charge >= 0.3 is 0 Å². The Morgan fingerprint density at radius 3 is 2.53 bits per heavy atom.